The zero-order chi connectivity index (χ0) is 16.4. The Morgan fingerprint density at radius 2 is 2.09 bits per heavy atom. The minimum Gasteiger partial charge on any atom is -0.454 e. The number of carbonyl (C=O) groups is 1. The SMILES string of the molecule is CCN(Cc1ccc2c(c1)OCO2)C(=O)Nc1c(C)noc1C. The number of hydrogen-bond acceptors (Lipinski definition) is 5. The number of nitrogens with one attached hydrogen (secondary N) is 1. The van der Waals surface area contributed by atoms with E-state index < -0.39 is 0 Å². The van der Waals surface area contributed by atoms with Gasteiger partial charge in [0.2, 0.25) is 6.79 Å². The largest absolute Gasteiger partial charge is 0.454 e. The highest BCUT2D eigenvalue weighted by atomic mass is 16.7. The van der Waals surface area contributed by atoms with Gasteiger partial charge in [-0.1, -0.05) is 11.2 Å². The fraction of sp³-hybridized carbons (Fsp3) is 0.375. The Labute approximate surface area is 134 Å². The summed E-state index contributed by atoms with van der Waals surface area (Å²) in [5, 5.41) is 6.70. The van der Waals surface area contributed by atoms with Crippen LogP contribution in [0.25, 0.3) is 0 Å². The van der Waals surface area contributed by atoms with Crippen molar-refractivity contribution in [3.63, 3.8) is 0 Å². The summed E-state index contributed by atoms with van der Waals surface area (Å²) < 4.78 is 15.7. The summed E-state index contributed by atoms with van der Waals surface area (Å²) in [5.74, 6) is 2.04. The summed E-state index contributed by atoms with van der Waals surface area (Å²) in [5.41, 5.74) is 2.26. The molecule has 2 amide bonds. The van der Waals surface area contributed by atoms with Crippen LogP contribution in [0.15, 0.2) is 22.7 Å². The van der Waals surface area contributed by atoms with Gasteiger partial charge in [-0.2, -0.15) is 0 Å². The molecule has 1 aliphatic heterocycles. The van der Waals surface area contributed by atoms with Crippen LogP contribution in [0.5, 0.6) is 11.5 Å². The predicted molar refractivity (Wildman–Crippen MR) is 83.6 cm³/mol. The molecule has 7 heteroatoms. The number of carbonyl (C=O) groups excluding carboxylic acids is 1. The minimum absolute atomic E-state index is 0.195. The molecular formula is C16H19N3O4. The van der Waals surface area contributed by atoms with Gasteiger partial charge in [-0.05, 0) is 38.5 Å². The van der Waals surface area contributed by atoms with Gasteiger partial charge >= 0.3 is 6.03 Å². The molecule has 23 heavy (non-hydrogen) atoms. The Kier molecular flexibility index (Phi) is 4.10. The predicted octanol–water partition coefficient (Wildman–Crippen LogP) is 3.07. The van der Waals surface area contributed by atoms with Gasteiger partial charge in [0, 0.05) is 13.1 Å². The summed E-state index contributed by atoms with van der Waals surface area (Å²) in [6.45, 7) is 6.78. The zero-order valence-corrected chi connectivity index (χ0v) is 13.4. The average molecular weight is 317 g/mol. The standard InChI is InChI=1S/C16H19N3O4/c1-4-19(16(20)17-15-10(2)18-23-11(15)3)8-12-5-6-13-14(7-12)22-9-21-13/h5-7H,4,8-9H2,1-3H3,(H,17,20). The number of aromatic nitrogens is 1. The fourth-order valence-corrected chi connectivity index (χ4v) is 2.43. The smallest absolute Gasteiger partial charge is 0.322 e. The van der Waals surface area contributed by atoms with E-state index in [1.807, 2.05) is 25.1 Å². The Morgan fingerprint density at radius 3 is 2.78 bits per heavy atom. The first-order chi connectivity index (χ1) is 11.1. The molecule has 3 rings (SSSR count). The van der Waals surface area contributed by atoms with Crippen molar-refractivity contribution in [2.24, 2.45) is 0 Å². The topological polar surface area (TPSA) is 76.8 Å². The first-order valence-corrected chi connectivity index (χ1v) is 7.45. The van der Waals surface area contributed by atoms with Crippen molar-refractivity contribution >= 4 is 11.7 Å². The van der Waals surface area contributed by atoms with E-state index in [9.17, 15) is 4.79 Å². The van der Waals surface area contributed by atoms with E-state index in [2.05, 4.69) is 10.5 Å². The normalized spacial score (nSPS) is 12.3. The van der Waals surface area contributed by atoms with E-state index in [0.717, 1.165) is 11.3 Å². The van der Waals surface area contributed by atoms with Crippen molar-refractivity contribution < 1.29 is 18.8 Å². The molecule has 122 valence electrons. The highest BCUT2D eigenvalue weighted by Gasteiger charge is 2.19. The maximum Gasteiger partial charge on any atom is 0.322 e. The second kappa shape index (κ2) is 6.20. The lowest BCUT2D eigenvalue weighted by atomic mass is 10.2. The number of benzene rings is 1. The molecule has 1 aromatic carbocycles. The molecule has 1 aromatic heterocycles. The number of ether oxygens (including phenoxy) is 2. The quantitative estimate of drug-likeness (QED) is 0.937. The van der Waals surface area contributed by atoms with Crippen LogP contribution in [-0.2, 0) is 6.54 Å². The Morgan fingerprint density at radius 1 is 1.30 bits per heavy atom. The van der Waals surface area contributed by atoms with Gasteiger partial charge in [-0.15, -0.1) is 0 Å². The first-order valence-electron chi connectivity index (χ1n) is 7.45. The lowest BCUT2D eigenvalue weighted by molar-refractivity contribution is 0.174. The molecule has 1 aliphatic rings. The van der Waals surface area contributed by atoms with E-state index in [-0.39, 0.29) is 12.8 Å². The highest BCUT2D eigenvalue weighted by Crippen LogP contribution is 2.32. The third kappa shape index (κ3) is 3.08. The van der Waals surface area contributed by atoms with Crippen molar-refractivity contribution in [1.82, 2.24) is 10.1 Å². The van der Waals surface area contributed by atoms with E-state index in [1.165, 1.54) is 0 Å². The number of hydrogen-bond donors (Lipinski definition) is 1. The van der Waals surface area contributed by atoms with Crippen molar-refractivity contribution in [3.8, 4) is 11.5 Å². The van der Waals surface area contributed by atoms with Crippen molar-refractivity contribution in [2.75, 3.05) is 18.7 Å². The molecule has 0 unspecified atom stereocenters. The van der Waals surface area contributed by atoms with Gasteiger partial charge in [0.1, 0.15) is 11.4 Å². The van der Waals surface area contributed by atoms with Crippen LogP contribution >= 0.6 is 0 Å². The third-order valence-electron chi connectivity index (χ3n) is 3.74. The van der Waals surface area contributed by atoms with Crippen LogP contribution in [-0.4, -0.2) is 29.4 Å². The van der Waals surface area contributed by atoms with Gasteiger partial charge < -0.3 is 24.2 Å². The monoisotopic (exact) mass is 317 g/mol. The van der Waals surface area contributed by atoms with Crippen LogP contribution in [0.3, 0.4) is 0 Å². The number of rotatable bonds is 4. The van der Waals surface area contributed by atoms with E-state index in [1.54, 1.807) is 18.7 Å². The van der Waals surface area contributed by atoms with Gasteiger partial charge in [-0.25, -0.2) is 4.79 Å². The van der Waals surface area contributed by atoms with Crippen LogP contribution in [0, 0.1) is 13.8 Å². The summed E-state index contributed by atoms with van der Waals surface area (Å²) in [6, 6.07) is 5.49. The number of aryl methyl sites for hydroxylation is 2. The van der Waals surface area contributed by atoms with Crippen molar-refractivity contribution in [2.45, 2.75) is 27.3 Å². The van der Waals surface area contributed by atoms with Crippen LogP contribution in [0.2, 0.25) is 0 Å². The summed E-state index contributed by atoms with van der Waals surface area (Å²) in [7, 11) is 0. The van der Waals surface area contributed by atoms with Gasteiger partial charge in [0.15, 0.2) is 17.3 Å². The molecule has 0 aliphatic carbocycles. The number of fused-ring (bicyclic) bond motifs is 1. The third-order valence-corrected chi connectivity index (χ3v) is 3.74. The Hall–Kier alpha value is -2.70. The molecule has 0 atom stereocenters. The van der Waals surface area contributed by atoms with Crippen molar-refractivity contribution in [1.29, 1.82) is 0 Å². The maximum absolute atomic E-state index is 12.5. The molecule has 0 spiro atoms. The molecular weight excluding hydrogens is 298 g/mol. The molecule has 0 radical (unpaired) electrons. The molecule has 0 bridgehead atoms. The Bertz CT molecular complexity index is 707. The van der Waals surface area contributed by atoms with E-state index in [4.69, 9.17) is 14.0 Å². The van der Waals surface area contributed by atoms with E-state index >= 15 is 0 Å². The van der Waals surface area contributed by atoms with Crippen LogP contribution in [0.4, 0.5) is 10.5 Å². The summed E-state index contributed by atoms with van der Waals surface area (Å²) >= 11 is 0. The Balaban J connectivity index is 1.71. The molecule has 0 fully saturated rings. The molecule has 2 aromatic rings. The van der Waals surface area contributed by atoms with Crippen LogP contribution in [0.1, 0.15) is 23.9 Å². The second-order valence-corrected chi connectivity index (χ2v) is 5.33. The van der Waals surface area contributed by atoms with Gasteiger partial charge in [-0.3, -0.25) is 0 Å². The number of urea groups is 1. The van der Waals surface area contributed by atoms with Gasteiger partial charge in [0.25, 0.3) is 0 Å². The van der Waals surface area contributed by atoms with Crippen LogP contribution < -0.4 is 14.8 Å². The second-order valence-electron chi connectivity index (χ2n) is 5.33. The zero-order valence-electron chi connectivity index (χ0n) is 13.4. The molecule has 7 nitrogen and oxygen atoms in total. The average Bonchev–Trinajstić information content (AvgIpc) is 3.13. The maximum atomic E-state index is 12.5. The molecule has 1 N–H and O–H groups in total. The number of nitrogens with zero attached hydrogens (tertiary/aromatic N) is 2. The summed E-state index contributed by atoms with van der Waals surface area (Å²) in [6.07, 6.45) is 0. The molecule has 0 saturated heterocycles. The minimum atomic E-state index is -0.195. The van der Waals surface area contributed by atoms with Gasteiger partial charge in [0.05, 0.1) is 0 Å². The van der Waals surface area contributed by atoms with Crippen molar-refractivity contribution in [3.05, 3.63) is 35.2 Å². The number of amides is 2. The fourth-order valence-electron chi connectivity index (χ4n) is 2.43. The first kappa shape index (κ1) is 15.2. The highest BCUT2D eigenvalue weighted by molar-refractivity contribution is 5.90. The number of anilines is 1. The molecule has 2 heterocycles. The summed E-state index contributed by atoms with van der Waals surface area (Å²) in [4.78, 5) is 14.2. The van der Waals surface area contributed by atoms with E-state index in [0.29, 0.717) is 36.0 Å². The lowest BCUT2D eigenvalue weighted by Gasteiger charge is -2.21. The molecule has 0 saturated carbocycles. The lowest BCUT2D eigenvalue weighted by Crippen LogP contribution is -2.34.